The molecule has 0 radical (unpaired) electrons. The van der Waals surface area contributed by atoms with Crippen LogP contribution < -0.4 is 4.74 Å². The number of carbonyl (C=O) groups is 2. The number of rotatable bonds is 3. The fourth-order valence-corrected chi connectivity index (χ4v) is 3.12. The molecule has 0 saturated carbocycles. The first-order valence-corrected chi connectivity index (χ1v) is 7.40. The van der Waals surface area contributed by atoms with Gasteiger partial charge in [0.25, 0.3) is 11.1 Å². The molecule has 1 aromatic rings. The molecule has 1 aromatic carbocycles. The average molecular weight is 358 g/mol. The van der Waals surface area contributed by atoms with Crippen LogP contribution in [0.1, 0.15) is 12.5 Å². The first-order valence-electron chi connectivity index (χ1n) is 5.79. The SMILES string of the molecule is CCN1C(=O)S/C(=C\c2cc(Br)cc(OC)c2O)C1=O. The van der Waals surface area contributed by atoms with E-state index in [1.54, 1.807) is 19.1 Å². The molecule has 0 atom stereocenters. The molecule has 1 aliphatic heterocycles. The van der Waals surface area contributed by atoms with E-state index in [0.29, 0.717) is 22.3 Å². The first kappa shape index (κ1) is 14.9. The summed E-state index contributed by atoms with van der Waals surface area (Å²) in [6, 6.07) is 3.27. The van der Waals surface area contributed by atoms with E-state index in [1.165, 1.54) is 13.2 Å². The molecule has 2 amide bonds. The van der Waals surface area contributed by atoms with E-state index in [9.17, 15) is 14.7 Å². The molecule has 7 heteroatoms. The summed E-state index contributed by atoms with van der Waals surface area (Å²) < 4.78 is 5.74. The number of phenolic OH excluding ortho intramolecular Hbond substituents is 1. The monoisotopic (exact) mass is 357 g/mol. The molecule has 1 aliphatic rings. The van der Waals surface area contributed by atoms with Crippen LogP contribution in [-0.4, -0.2) is 34.8 Å². The van der Waals surface area contributed by atoms with Gasteiger partial charge in [-0.2, -0.15) is 0 Å². The van der Waals surface area contributed by atoms with Crippen molar-refractivity contribution in [2.45, 2.75) is 6.92 Å². The zero-order valence-corrected chi connectivity index (χ0v) is 13.2. The van der Waals surface area contributed by atoms with Crippen molar-refractivity contribution >= 4 is 44.9 Å². The van der Waals surface area contributed by atoms with Crippen LogP contribution in [-0.2, 0) is 4.79 Å². The number of thioether (sulfide) groups is 1. The molecular weight excluding hydrogens is 346 g/mol. The van der Waals surface area contributed by atoms with Gasteiger partial charge >= 0.3 is 0 Å². The van der Waals surface area contributed by atoms with Crippen LogP contribution in [0.25, 0.3) is 6.08 Å². The Hall–Kier alpha value is -1.47. The van der Waals surface area contributed by atoms with Gasteiger partial charge in [0.2, 0.25) is 0 Å². The lowest BCUT2D eigenvalue weighted by molar-refractivity contribution is -0.122. The van der Waals surface area contributed by atoms with E-state index >= 15 is 0 Å². The molecule has 0 aliphatic carbocycles. The van der Waals surface area contributed by atoms with E-state index in [4.69, 9.17) is 4.74 Å². The fraction of sp³-hybridized carbons (Fsp3) is 0.231. The molecule has 1 heterocycles. The van der Waals surface area contributed by atoms with Crippen molar-refractivity contribution in [2.75, 3.05) is 13.7 Å². The van der Waals surface area contributed by atoms with Crippen molar-refractivity contribution < 1.29 is 19.4 Å². The third kappa shape index (κ3) is 2.69. The second-order valence-electron chi connectivity index (χ2n) is 3.97. The molecular formula is C13H12BrNO4S. The van der Waals surface area contributed by atoms with Crippen molar-refractivity contribution in [3.63, 3.8) is 0 Å². The number of aromatic hydroxyl groups is 1. The van der Waals surface area contributed by atoms with Crippen molar-refractivity contribution in [3.8, 4) is 11.5 Å². The third-order valence-corrected chi connectivity index (χ3v) is 4.13. The third-order valence-electron chi connectivity index (χ3n) is 2.77. The molecule has 1 fully saturated rings. The van der Waals surface area contributed by atoms with Crippen molar-refractivity contribution in [1.29, 1.82) is 0 Å². The molecule has 5 nitrogen and oxygen atoms in total. The largest absolute Gasteiger partial charge is 0.504 e. The van der Waals surface area contributed by atoms with Crippen LogP contribution in [0.4, 0.5) is 4.79 Å². The number of phenols is 1. The minimum atomic E-state index is -0.346. The topological polar surface area (TPSA) is 66.8 Å². The summed E-state index contributed by atoms with van der Waals surface area (Å²) in [5, 5.41) is 9.74. The number of nitrogens with zero attached hydrogens (tertiary/aromatic N) is 1. The van der Waals surface area contributed by atoms with Gasteiger partial charge in [-0.1, -0.05) is 15.9 Å². The summed E-state index contributed by atoms with van der Waals surface area (Å²) in [5.41, 5.74) is 0.415. The van der Waals surface area contributed by atoms with Crippen LogP contribution in [0, 0.1) is 0 Å². The summed E-state index contributed by atoms with van der Waals surface area (Å²) in [6.45, 7) is 2.06. The minimum Gasteiger partial charge on any atom is -0.504 e. The zero-order valence-electron chi connectivity index (χ0n) is 10.8. The number of carbonyl (C=O) groups excluding carboxylic acids is 2. The van der Waals surface area contributed by atoms with E-state index in [1.807, 2.05) is 0 Å². The quantitative estimate of drug-likeness (QED) is 0.841. The predicted molar refractivity (Wildman–Crippen MR) is 80.7 cm³/mol. The predicted octanol–water partition coefficient (Wildman–Crippen LogP) is 3.22. The number of likely N-dealkylation sites (N-methyl/N-ethyl adjacent to an activating group) is 1. The lowest BCUT2D eigenvalue weighted by Crippen LogP contribution is -2.27. The number of amides is 2. The number of benzene rings is 1. The van der Waals surface area contributed by atoms with E-state index in [2.05, 4.69) is 15.9 Å². The van der Waals surface area contributed by atoms with Gasteiger partial charge < -0.3 is 9.84 Å². The van der Waals surface area contributed by atoms with E-state index in [0.717, 1.165) is 16.7 Å². The highest BCUT2D eigenvalue weighted by Crippen LogP contribution is 2.38. The molecule has 20 heavy (non-hydrogen) atoms. The zero-order chi connectivity index (χ0) is 14.9. The molecule has 1 N–H and O–H groups in total. The van der Waals surface area contributed by atoms with Gasteiger partial charge in [-0.3, -0.25) is 14.5 Å². The van der Waals surface area contributed by atoms with Gasteiger partial charge in [-0.25, -0.2) is 0 Å². The molecule has 1 saturated heterocycles. The highest BCUT2D eigenvalue weighted by molar-refractivity contribution is 9.10. The first-order chi connectivity index (χ1) is 9.47. The summed E-state index contributed by atoms with van der Waals surface area (Å²) in [5.74, 6) is -0.125. The number of imide groups is 1. The van der Waals surface area contributed by atoms with Crippen LogP contribution >= 0.6 is 27.7 Å². The Morgan fingerprint density at radius 3 is 2.70 bits per heavy atom. The fourth-order valence-electron chi connectivity index (χ4n) is 1.77. The normalized spacial score (nSPS) is 17.1. The molecule has 0 bridgehead atoms. The molecule has 0 unspecified atom stereocenters. The van der Waals surface area contributed by atoms with Gasteiger partial charge in [-0.15, -0.1) is 0 Å². The molecule has 0 spiro atoms. The summed E-state index contributed by atoms with van der Waals surface area (Å²) in [4.78, 5) is 25.1. The highest BCUT2D eigenvalue weighted by Gasteiger charge is 2.33. The van der Waals surface area contributed by atoms with Gasteiger partial charge in [0, 0.05) is 16.6 Å². The Kier molecular flexibility index (Phi) is 4.39. The van der Waals surface area contributed by atoms with Gasteiger partial charge in [-0.05, 0) is 36.9 Å². The van der Waals surface area contributed by atoms with Crippen LogP contribution in [0.5, 0.6) is 11.5 Å². The number of hydrogen-bond acceptors (Lipinski definition) is 5. The van der Waals surface area contributed by atoms with Gasteiger partial charge in [0.05, 0.1) is 12.0 Å². The molecule has 0 aromatic heterocycles. The second kappa shape index (κ2) is 5.88. The van der Waals surface area contributed by atoms with E-state index < -0.39 is 0 Å². The minimum absolute atomic E-state index is 0.0704. The standard InChI is InChI=1S/C13H12BrNO4S/c1-3-15-12(17)10(20-13(15)18)5-7-4-8(14)6-9(19-2)11(7)16/h4-6,16H,3H2,1-2H3/b10-5-. The Balaban J connectivity index is 2.44. The van der Waals surface area contributed by atoms with Crippen LogP contribution in [0.15, 0.2) is 21.5 Å². The Morgan fingerprint density at radius 1 is 1.45 bits per heavy atom. The Morgan fingerprint density at radius 2 is 2.15 bits per heavy atom. The van der Waals surface area contributed by atoms with Gasteiger partial charge in [0.15, 0.2) is 11.5 Å². The number of hydrogen-bond donors (Lipinski definition) is 1. The Bertz CT molecular complexity index is 615. The maximum Gasteiger partial charge on any atom is 0.293 e. The van der Waals surface area contributed by atoms with Gasteiger partial charge in [0.1, 0.15) is 0 Å². The van der Waals surface area contributed by atoms with Crippen LogP contribution in [0.3, 0.4) is 0 Å². The lowest BCUT2D eigenvalue weighted by Gasteiger charge is -2.08. The highest BCUT2D eigenvalue weighted by atomic mass is 79.9. The maximum absolute atomic E-state index is 12.0. The smallest absolute Gasteiger partial charge is 0.293 e. The Labute approximate surface area is 128 Å². The van der Waals surface area contributed by atoms with Crippen molar-refractivity contribution in [3.05, 3.63) is 27.1 Å². The van der Waals surface area contributed by atoms with Crippen molar-refractivity contribution in [2.24, 2.45) is 0 Å². The maximum atomic E-state index is 12.0. The lowest BCUT2D eigenvalue weighted by atomic mass is 10.1. The number of methoxy groups -OCH3 is 1. The summed E-state index contributed by atoms with van der Waals surface area (Å²) in [7, 11) is 1.44. The summed E-state index contributed by atoms with van der Waals surface area (Å²) in [6.07, 6.45) is 1.49. The molecule has 106 valence electrons. The average Bonchev–Trinajstić information content (AvgIpc) is 2.67. The second-order valence-corrected chi connectivity index (χ2v) is 5.88. The number of halogens is 1. The number of ether oxygens (including phenoxy) is 1. The van der Waals surface area contributed by atoms with E-state index in [-0.39, 0.29) is 21.8 Å². The van der Waals surface area contributed by atoms with Crippen LogP contribution in [0.2, 0.25) is 0 Å². The molecule has 2 rings (SSSR count). The van der Waals surface area contributed by atoms with Crippen molar-refractivity contribution in [1.82, 2.24) is 4.90 Å². The summed E-state index contributed by atoms with van der Waals surface area (Å²) >= 11 is 4.16.